The lowest BCUT2D eigenvalue weighted by Gasteiger charge is -2.39. The number of halogens is 1. The quantitative estimate of drug-likeness (QED) is 0.773. The van der Waals surface area contributed by atoms with Crippen LogP contribution in [0.5, 0.6) is 0 Å². The molecule has 3 nitrogen and oxygen atoms in total. The summed E-state index contributed by atoms with van der Waals surface area (Å²) in [6.45, 7) is 1.99. The predicted octanol–water partition coefficient (Wildman–Crippen LogP) is 4.31. The van der Waals surface area contributed by atoms with E-state index in [4.69, 9.17) is 16.1 Å². The third kappa shape index (κ3) is 2.27. The Labute approximate surface area is 136 Å². The summed E-state index contributed by atoms with van der Waals surface area (Å²) >= 11 is 6.09. The van der Waals surface area contributed by atoms with Crippen LogP contribution < -0.4 is 0 Å². The van der Waals surface area contributed by atoms with Crippen molar-refractivity contribution >= 4 is 11.6 Å². The fourth-order valence-corrected chi connectivity index (χ4v) is 4.43. The van der Waals surface area contributed by atoms with E-state index in [9.17, 15) is 0 Å². The van der Waals surface area contributed by atoms with E-state index in [1.54, 1.807) is 0 Å². The van der Waals surface area contributed by atoms with Gasteiger partial charge in [-0.05, 0) is 51.3 Å². The number of fused-ring (bicyclic) bond motifs is 2. The molecule has 2 fully saturated rings. The van der Waals surface area contributed by atoms with E-state index in [1.165, 1.54) is 24.0 Å². The van der Waals surface area contributed by atoms with E-state index in [2.05, 4.69) is 35.3 Å². The molecule has 3 unspecified atom stereocenters. The Balaban J connectivity index is 1.79. The molecular weight excluding hydrogens is 296 g/mol. The highest BCUT2D eigenvalue weighted by Gasteiger charge is 2.45. The minimum Gasteiger partial charge on any atom is -0.360 e. The van der Waals surface area contributed by atoms with Crippen molar-refractivity contribution in [3.8, 4) is 0 Å². The van der Waals surface area contributed by atoms with Gasteiger partial charge >= 0.3 is 0 Å². The number of allylic oxidation sites excluding steroid dienone is 5. The van der Waals surface area contributed by atoms with Crippen molar-refractivity contribution in [2.45, 2.75) is 50.6 Å². The van der Waals surface area contributed by atoms with Crippen LogP contribution in [0.4, 0.5) is 0 Å². The molecule has 1 aromatic rings. The molecule has 3 heterocycles. The summed E-state index contributed by atoms with van der Waals surface area (Å²) in [6.07, 6.45) is 10.9. The molecule has 2 bridgehead atoms. The molecule has 0 aromatic carbocycles. The molecule has 2 saturated heterocycles. The van der Waals surface area contributed by atoms with E-state index < -0.39 is 0 Å². The van der Waals surface area contributed by atoms with Gasteiger partial charge < -0.3 is 4.52 Å². The smallest absolute Gasteiger partial charge is 0.145 e. The van der Waals surface area contributed by atoms with Gasteiger partial charge in [-0.15, -0.1) is 0 Å². The van der Waals surface area contributed by atoms with Crippen LogP contribution >= 0.6 is 11.6 Å². The maximum absolute atomic E-state index is 6.09. The second-order valence-electron chi connectivity index (χ2n) is 6.69. The van der Waals surface area contributed by atoms with E-state index in [1.807, 2.05) is 13.0 Å². The van der Waals surface area contributed by atoms with Crippen molar-refractivity contribution in [2.75, 3.05) is 7.05 Å². The van der Waals surface area contributed by atoms with Crippen molar-refractivity contribution in [3.63, 3.8) is 0 Å². The first kappa shape index (κ1) is 14.3. The Hall–Kier alpha value is -1.32. The molecule has 0 radical (unpaired) electrons. The molecule has 3 aliphatic rings. The third-order valence-electron chi connectivity index (χ3n) is 5.44. The lowest BCUT2D eigenvalue weighted by atomic mass is 9.79. The highest BCUT2D eigenvalue weighted by molar-refractivity contribution is 6.31. The molecule has 4 rings (SSSR count). The molecule has 0 spiro atoms. The minimum absolute atomic E-state index is 0.329. The van der Waals surface area contributed by atoms with Gasteiger partial charge in [0.25, 0.3) is 0 Å². The monoisotopic (exact) mass is 316 g/mol. The zero-order valence-corrected chi connectivity index (χ0v) is 13.8. The molecule has 22 heavy (non-hydrogen) atoms. The van der Waals surface area contributed by atoms with Gasteiger partial charge in [-0.3, -0.25) is 4.90 Å². The van der Waals surface area contributed by atoms with Gasteiger partial charge in [0, 0.05) is 23.2 Å². The fourth-order valence-electron chi connectivity index (χ4n) is 4.29. The SMILES string of the molecule is Cc1cc(C2/C(=C3/C=CC(Cl)=CC3)CC3CCC2N3C)on1. The van der Waals surface area contributed by atoms with E-state index in [0.29, 0.717) is 18.0 Å². The second kappa shape index (κ2) is 5.39. The van der Waals surface area contributed by atoms with Crippen LogP contribution in [0, 0.1) is 6.92 Å². The topological polar surface area (TPSA) is 29.3 Å². The summed E-state index contributed by atoms with van der Waals surface area (Å²) in [6, 6.07) is 3.30. The number of nitrogens with zero attached hydrogens (tertiary/aromatic N) is 2. The highest BCUT2D eigenvalue weighted by atomic mass is 35.5. The Kier molecular flexibility index (Phi) is 3.50. The number of aromatic nitrogens is 1. The second-order valence-corrected chi connectivity index (χ2v) is 7.13. The van der Waals surface area contributed by atoms with Crippen LogP contribution in [0.25, 0.3) is 0 Å². The van der Waals surface area contributed by atoms with Crippen molar-refractivity contribution in [1.82, 2.24) is 10.1 Å². The molecule has 4 heteroatoms. The number of likely N-dealkylation sites (N-methyl/N-ethyl adjacent to an activating group) is 1. The first-order valence-electron chi connectivity index (χ1n) is 8.04. The Morgan fingerprint density at radius 3 is 2.86 bits per heavy atom. The zero-order chi connectivity index (χ0) is 15.3. The largest absolute Gasteiger partial charge is 0.360 e. The molecule has 2 aliphatic heterocycles. The number of piperidine rings is 1. The summed E-state index contributed by atoms with van der Waals surface area (Å²) < 4.78 is 5.67. The van der Waals surface area contributed by atoms with Crippen LogP contribution in [-0.2, 0) is 0 Å². The van der Waals surface area contributed by atoms with Gasteiger partial charge in [-0.1, -0.05) is 34.5 Å². The summed E-state index contributed by atoms with van der Waals surface area (Å²) in [7, 11) is 2.26. The van der Waals surface area contributed by atoms with E-state index >= 15 is 0 Å². The van der Waals surface area contributed by atoms with Crippen LogP contribution in [-0.4, -0.2) is 29.2 Å². The van der Waals surface area contributed by atoms with Gasteiger partial charge in [-0.25, -0.2) is 0 Å². The number of rotatable bonds is 1. The molecule has 0 saturated carbocycles. The first-order chi connectivity index (χ1) is 10.6. The predicted molar refractivity (Wildman–Crippen MR) is 87.9 cm³/mol. The molecule has 0 N–H and O–H groups in total. The average Bonchev–Trinajstić information content (AvgIpc) is 3.02. The first-order valence-corrected chi connectivity index (χ1v) is 8.42. The normalized spacial score (nSPS) is 35.0. The Bertz CT molecular complexity index is 685. The lowest BCUT2D eigenvalue weighted by Crippen LogP contribution is -2.42. The molecule has 1 aromatic heterocycles. The van der Waals surface area contributed by atoms with Crippen molar-refractivity contribution in [3.05, 3.63) is 51.9 Å². The van der Waals surface area contributed by atoms with Crippen molar-refractivity contribution in [2.24, 2.45) is 0 Å². The summed E-state index contributed by atoms with van der Waals surface area (Å²) in [5, 5.41) is 4.96. The fraction of sp³-hybridized carbons (Fsp3) is 0.500. The van der Waals surface area contributed by atoms with Gasteiger partial charge in [0.2, 0.25) is 0 Å². The van der Waals surface area contributed by atoms with E-state index in [0.717, 1.165) is 29.3 Å². The molecule has 1 aliphatic carbocycles. The number of aryl methyl sites for hydroxylation is 1. The highest BCUT2D eigenvalue weighted by Crippen LogP contribution is 2.48. The summed E-state index contributed by atoms with van der Waals surface area (Å²) in [5.74, 6) is 1.35. The van der Waals surface area contributed by atoms with Gasteiger partial charge in [0.05, 0.1) is 11.6 Å². The minimum atomic E-state index is 0.329. The maximum atomic E-state index is 6.09. The van der Waals surface area contributed by atoms with Gasteiger partial charge in [-0.2, -0.15) is 0 Å². The maximum Gasteiger partial charge on any atom is 0.145 e. The van der Waals surface area contributed by atoms with Crippen LogP contribution in [0.3, 0.4) is 0 Å². The molecular formula is C18H21ClN2O. The van der Waals surface area contributed by atoms with E-state index in [-0.39, 0.29) is 0 Å². The van der Waals surface area contributed by atoms with Crippen LogP contribution in [0.1, 0.15) is 43.1 Å². The average molecular weight is 317 g/mol. The van der Waals surface area contributed by atoms with Gasteiger partial charge in [0.1, 0.15) is 5.76 Å². The van der Waals surface area contributed by atoms with Crippen LogP contribution in [0.2, 0.25) is 0 Å². The molecule has 116 valence electrons. The lowest BCUT2D eigenvalue weighted by molar-refractivity contribution is 0.175. The Morgan fingerprint density at radius 1 is 1.32 bits per heavy atom. The number of hydrogen-bond donors (Lipinski definition) is 0. The molecule has 0 amide bonds. The summed E-state index contributed by atoms with van der Waals surface area (Å²) in [4.78, 5) is 2.54. The zero-order valence-electron chi connectivity index (χ0n) is 13.1. The summed E-state index contributed by atoms with van der Waals surface area (Å²) in [5.41, 5.74) is 3.90. The Morgan fingerprint density at radius 2 is 2.18 bits per heavy atom. The molecule has 3 atom stereocenters. The standard InChI is InChI=1S/C18H21ClN2O/c1-11-9-17(22-20-11)18-15(12-3-5-13(19)6-4-12)10-14-7-8-16(18)21(14)2/h3,5-6,9,14,16,18H,4,7-8,10H2,1-2H3/b15-12-. The third-order valence-corrected chi connectivity index (χ3v) is 5.72. The number of hydrogen-bond acceptors (Lipinski definition) is 3. The van der Waals surface area contributed by atoms with Gasteiger partial charge in [0.15, 0.2) is 0 Å². The van der Waals surface area contributed by atoms with Crippen molar-refractivity contribution in [1.29, 1.82) is 0 Å². The van der Waals surface area contributed by atoms with Crippen molar-refractivity contribution < 1.29 is 4.52 Å². The van der Waals surface area contributed by atoms with Crippen LogP contribution in [0.15, 0.2) is 45.0 Å².